The van der Waals surface area contributed by atoms with E-state index in [1.807, 2.05) is 36.0 Å². The first-order valence-corrected chi connectivity index (χ1v) is 7.61. The Morgan fingerprint density at radius 2 is 2.21 bits per heavy atom. The van der Waals surface area contributed by atoms with Crippen molar-refractivity contribution < 1.29 is 4.79 Å². The number of rotatable bonds is 5. The van der Waals surface area contributed by atoms with Gasteiger partial charge >= 0.3 is 0 Å². The monoisotopic (exact) mass is 276 g/mol. The Morgan fingerprint density at radius 3 is 2.79 bits per heavy atom. The predicted octanol–water partition coefficient (Wildman–Crippen LogP) is 2.91. The van der Waals surface area contributed by atoms with Gasteiger partial charge in [-0.25, -0.2) is 0 Å². The van der Waals surface area contributed by atoms with Crippen LogP contribution in [0, 0.1) is 0 Å². The fourth-order valence-corrected chi connectivity index (χ4v) is 3.29. The largest absolute Gasteiger partial charge is 0.381 e. The van der Waals surface area contributed by atoms with Crippen molar-refractivity contribution in [3.8, 4) is 0 Å². The molecule has 2 atom stereocenters. The van der Waals surface area contributed by atoms with Crippen LogP contribution in [0.2, 0.25) is 0 Å². The van der Waals surface area contributed by atoms with E-state index in [1.54, 1.807) is 6.08 Å². The van der Waals surface area contributed by atoms with E-state index in [1.165, 1.54) is 6.42 Å². The molecule has 1 aliphatic rings. The molecular weight excluding hydrogens is 256 g/mol. The predicted molar refractivity (Wildman–Crippen MR) is 82.9 cm³/mol. The van der Waals surface area contributed by atoms with E-state index in [0.717, 1.165) is 16.7 Å². The number of anilines is 1. The molecule has 2 unspecified atom stereocenters. The minimum atomic E-state index is -0.0588. The molecule has 0 bridgehead atoms. The maximum Gasteiger partial charge on any atom is 0.251 e. The number of thioether (sulfide) groups is 1. The number of nitrogens with one attached hydrogen (secondary N) is 2. The van der Waals surface area contributed by atoms with Gasteiger partial charge in [0.1, 0.15) is 0 Å². The lowest BCUT2D eigenvalue weighted by molar-refractivity contribution is 0.0958. The van der Waals surface area contributed by atoms with E-state index < -0.39 is 0 Å². The van der Waals surface area contributed by atoms with Crippen molar-refractivity contribution in [2.75, 3.05) is 17.6 Å². The second-order valence-electron chi connectivity index (χ2n) is 4.80. The molecular formula is C15H20N2OS. The Labute approximate surface area is 118 Å². The Morgan fingerprint density at radius 1 is 1.47 bits per heavy atom. The molecule has 0 aromatic heterocycles. The number of carbonyl (C=O) groups excluding carboxylic acids is 1. The lowest BCUT2D eigenvalue weighted by Crippen LogP contribution is -2.23. The summed E-state index contributed by atoms with van der Waals surface area (Å²) in [4.78, 5) is 11.7. The number of benzene rings is 1. The highest BCUT2D eigenvalue weighted by atomic mass is 32.2. The van der Waals surface area contributed by atoms with Gasteiger partial charge in [0.2, 0.25) is 0 Å². The molecule has 1 fully saturated rings. The average molecular weight is 276 g/mol. The van der Waals surface area contributed by atoms with Gasteiger partial charge in [0, 0.05) is 34.8 Å². The van der Waals surface area contributed by atoms with E-state index in [2.05, 4.69) is 24.1 Å². The first-order valence-electron chi connectivity index (χ1n) is 6.56. The molecule has 1 amide bonds. The summed E-state index contributed by atoms with van der Waals surface area (Å²) in [6.45, 7) is 6.34. The van der Waals surface area contributed by atoms with E-state index in [9.17, 15) is 4.79 Å². The van der Waals surface area contributed by atoms with Crippen LogP contribution in [-0.4, -0.2) is 29.5 Å². The Balaban J connectivity index is 1.90. The van der Waals surface area contributed by atoms with Gasteiger partial charge in [-0.3, -0.25) is 4.79 Å². The SMILES string of the molecule is C=CCNC(=O)c1ccc(NC2CSC(C)C2)cc1. The molecule has 1 aliphatic heterocycles. The number of carbonyl (C=O) groups is 1. The van der Waals surface area contributed by atoms with E-state index in [0.29, 0.717) is 18.2 Å². The van der Waals surface area contributed by atoms with Crippen LogP contribution >= 0.6 is 11.8 Å². The molecule has 1 saturated heterocycles. The van der Waals surface area contributed by atoms with Crippen LogP contribution in [0.1, 0.15) is 23.7 Å². The van der Waals surface area contributed by atoms with Gasteiger partial charge in [0.25, 0.3) is 5.91 Å². The van der Waals surface area contributed by atoms with Gasteiger partial charge < -0.3 is 10.6 Å². The van der Waals surface area contributed by atoms with Gasteiger partial charge in [-0.1, -0.05) is 13.0 Å². The first kappa shape index (κ1) is 14.0. The van der Waals surface area contributed by atoms with Crippen molar-refractivity contribution >= 4 is 23.4 Å². The summed E-state index contributed by atoms with van der Waals surface area (Å²) >= 11 is 2.01. The fraction of sp³-hybridized carbons (Fsp3) is 0.400. The van der Waals surface area contributed by atoms with Crippen LogP contribution in [0.15, 0.2) is 36.9 Å². The molecule has 1 aromatic rings. The van der Waals surface area contributed by atoms with Crippen LogP contribution in [0.5, 0.6) is 0 Å². The average Bonchev–Trinajstić information content (AvgIpc) is 2.82. The van der Waals surface area contributed by atoms with E-state index in [4.69, 9.17) is 0 Å². The zero-order valence-corrected chi connectivity index (χ0v) is 12.0. The van der Waals surface area contributed by atoms with E-state index >= 15 is 0 Å². The molecule has 4 heteroatoms. The molecule has 0 saturated carbocycles. The summed E-state index contributed by atoms with van der Waals surface area (Å²) < 4.78 is 0. The van der Waals surface area contributed by atoms with Gasteiger partial charge in [-0.2, -0.15) is 11.8 Å². The summed E-state index contributed by atoms with van der Waals surface area (Å²) in [7, 11) is 0. The second kappa shape index (κ2) is 6.66. The number of hydrogen-bond donors (Lipinski definition) is 2. The number of hydrogen-bond acceptors (Lipinski definition) is 3. The quantitative estimate of drug-likeness (QED) is 0.813. The third-order valence-corrected chi connectivity index (χ3v) is 4.48. The zero-order chi connectivity index (χ0) is 13.7. The fourth-order valence-electron chi connectivity index (χ4n) is 2.14. The summed E-state index contributed by atoms with van der Waals surface area (Å²) in [5.41, 5.74) is 1.77. The third kappa shape index (κ3) is 4.03. The van der Waals surface area contributed by atoms with Gasteiger partial charge in [-0.15, -0.1) is 6.58 Å². The van der Waals surface area contributed by atoms with Crippen LogP contribution in [0.3, 0.4) is 0 Å². The van der Waals surface area contributed by atoms with Crippen molar-refractivity contribution in [2.45, 2.75) is 24.6 Å². The Hall–Kier alpha value is -1.42. The molecule has 0 spiro atoms. The molecule has 1 heterocycles. The molecule has 3 nitrogen and oxygen atoms in total. The molecule has 102 valence electrons. The van der Waals surface area contributed by atoms with Gasteiger partial charge in [0.05, 0.1) is 0 Å². The zero-order valence-electron chi connectivity index (χ0n) is 11.2. The van der Waals surface area contributed by atoms with Crippen molar-refractivity contribution in [3.05, 3.63) is 42.5 Å². The van der Waals surface area contributed by atoms with Crippen LogP contribution in [-0.2, 0) is 0 Å². The Bertz CT molecular complexity index is 444. The summed E-state index contributed by atoms with van der Waals surface area (Å²) in [6, 6.07) is 8.19. The van der Waals surface area contributed by atoms with Gasteiger partial charge in [-0.05, 0) is 30.7 Å². The van der Waals surface area contributed by atoms with E-state index in [-0.39, 0.29) is 5.91 Å². The normalized spacial score (nSPS) is 21.9. The molecule has 0 radical (unpaired) electrons. The molecule has 0 aliphatic carbocycles. The van der Waals surface area contributed by atoms with Crippen molar-refractivity contribution in [2.24, 2.45) is 0 Å². The van der Waals surface area contributed by atoms with Crippen molar-refractivity contribution in [1.82, 2.24) is 5.32 Å². The standard InChI is InChI=1S/C15H20N2OS/c1-3-8-16-15(18)12-4-6-13(7-5-12)17-14-9-11(2)19-10-14/h3-7,11,14,17H,1,8-10H2,2H3,(H,16,18). The highest BCUT2D eigenvalue weighted by Gasteiger charge is 2.21. The maximum atomic E-state index is 11.7. The molecule has 2 N–H and O–H groups in total. The summed E-state index contributed by atoms with van der Waals surface area (Å²) in [5.74, 6) is 1.10. The van der Waals surface area contributed by atoms with Crippen molar-refractivity contribution in [1.29, 1.82) is 0 Å². The second-order valence-corrected chi connectivity index (χ2v) is 6.27. The van der Waals surface area contributed by atoms with Crippen molar-refractivity contribution in [3.63, 3.8) is 0 Å². The lowest BCUT2D eigenvalue weighted by Gasteiger charge is -2.13. The highest BCUT2D eigenvalue weighted by Crippen LogP contribution is 2.28. The Kier molecular flexibility index (Phi) is 4.91. The smallest absolute Gasteiger partial charge is 0.251 e. The third-order valence-electron chi connectivity index (χ3n) is 3.12. The maximum absolute atomic E-state index is 11.7. The molecule has 1 aromatic carbocycles. The summed E-state index contributed by atoms with van der Waals surface area (Å²) in [6.07, 6.45) is 2.87. The first-order chi connectivity index (χ1) is 9.19. The van der Waals surface area contributed by atoms with Crippen LogP contribution in [0.25, 0.3) is 0 Å². The van der Waals surface area contributed by atoms with Crippen LogP contribution in [0.4, 0.5) is 5.69 Å². The van der Waals surface area contributed by atoms with Crippen LogP contribution < -0.4 is 10.6 Å². The highest BCUT2D eigenvalue weighted by molar-refractivity contribution is 8.00. The molecule has 2 rings (SSSR count). The minimum absolute atomic E-state index is 0.0588. The molecule has 19 heavy (non-hydrogen) atoms. The summed E-state index contributed by atoms with van der Waals surface area (Å²) in [5, 5.41) is 7.02. The van der Waals surface area contributed by atoms with Gasteiger partial charge in [0.15, 0.2) is 0 Å². The minimum Gasteiger partial charge on any atom is -0.381 e. The number of amides is 1. The topological polar surface area (TPSA) is 41.1 Å². The lowest BCUT2D eigenvalue weighted by atomic mass is 10.1.